The van der Waals surface area contributed by atoms with Crippen LogP contribution < -0.4 is 10.9 Å². The largest absolute Gasteiger partial charge is 0.324 e. The molecule has 3 aromatic rings. The van der Waals surface area contributed by atoms with Crippen molar-refractivity contribution < 1.29 is 9.72 Å². The second-order valence-electron chi connectivity index (χ2n) is 5.88. The van der Waals surface area contributed by atoms with Gasteiger partial charge in [0, 0.05) is 23.8 Å². The van der Waals surface area contributed by atoms with Crippen molar-refractivity contribution >= 4 is 17.3 Å². The predicted molar refractivity (Wildman–Crippen MR) is 100 cm³/mol. The Morgan fingerprint density at radius 2 is 1.89 bits per heavy atom. The lowest BCUT2D eigenvalue weighted by atomic mass is 10.1. The van der Waals surface area contributed by atoms with Crippen molar-refractivity contribution in [3.63, 3.8) is 0 Å². The quantitative estimate of drug-likeness (QED) is 0.553. The number of nitrogens with zero attached hydrogens (tertiary/aromatic N) is 3. The number of carbonyl (C=O) groups is 1. The summed E-state index contributed by atoms with van der Waals surface area (Å²) in [6.45, 7) is 1.42. The molecule has 1 heterocycles. The number of aromatic nitrogens is 2. The molecule has 136 valence electrons. The fourth-order valence-corrected chi connectivity index (χ4v) is 2.51. The molecule has 1 N–H and O–H groups in total. The van der Waals surface area contributed by atoms with Gasteiger partial charge in [-0.2, -0.15) is 5.10 Å². The predicted octanol–water partition coefficient (Wildman–Crippen LogP) is 2.77. The molecule has 0 spiro atoms. The number of nitro benzene ring substituents is 1. The van der Waals surface area contributed by atoms with Crippen molar-refractivity contribution in [1.82, 2.24) is 9.78 Å². The topological polar surface area (TPSA) is 107 Å². The Morgan fingerprint density at radius 1 is 1.15 bits per heavy atom. The molecule has 0 aliphatic heterocycles. The molecule has 0 bridgehead atoms. The van der Waals surface area contributed by atoms with Gasteiger partial charge in [-0.05, 0) is 18.6 Å². The summed E-state index contributed by atoms with van der Waals surface area (Å²) in [4.78, 5) is 34.7. The molecule has 3 rings (SSSR count). The van der Waals surface area contributed by atoms with E-state index in [4.69, 9.17) is 0 Å². The highest BCUT2D eigenvalue weighted by atomic mass is 16.6. The second-order valence-corrected chi connectivity index (χ2v) is 5.88. The lowest BCUT2D eigenvalue weighted by Gasteiger charge is -2.10. The van der Waals surface area contributed by atoms with E-state index in [1.54, 1.807) is 19.1 Å². The Kier molecular flexibility index (Phi) is 5.07. The van der Waals surface area contributed by atoms with Gasteiger partial charge in [0.15, 0.2) is 0 Å². The standard InChI is InChI=1S/C19H16N4O4/c1-13-7-8-15(23(26)27)11-17(13)20-18(24)12-22-19(25)10-9-16(21-22)14-5-3-2-4-6-14/h2-11H,12H2,1H3,(H,20,24). The minimum atomic E-state index is -0.537. The molecule has 0 aliphatic rings. The van der Waals surface area contributed by atoms with Gasteiger partial charge in [0.2, 0.25) is 5.91 Å². The average Bonchev–Trinajstić information content (AvgIpc) is 2.66. The number of amides is 1. The number of nitro groups is 1. The van der Waals surface area contributed by atoms with E-state index in [0.29, 0.717) is 16.9 Å². The highest BCUT2D eigenvalue weighted by Gasteiger charge is 2.13. The maximum Gasteiger partial charge on any atom is 0.271 e. The van der Waals surface area contributed by atoms with E-state index in [1.807, 2.05) is 30.3 Å². The van der Waals surface area contributed by atoms with Crippen LogP contribution in [0.25, 0.3) is 11.3 Å². The number of rotatable bonds is 5. The molecule has 0 atom stereocenters. The van der Waals surface area contributed by atoms with E-state index in [9.17, 15) is 19.7 Å². The summed E-state index contributed by atoms with van der Waals surface area (Å²) in [6, 6.07) is 16.4. The molecule has 0 radical (unpaired) electrons. The maximum atomic E-state index is 12.3. The van der Waals surface area contributed by atoms with Crippen molar-refractivity contribution in [2.45, 2.75) is 13.5 Å². The molecule has 8 heteroatoms. The van der Waals surface area contributed by atoms with Crippen LogP contribution >= 0.6 is 0 Å². The summed E-state index contributed by atoms with van der Waals surface area (Å²) in [6.07, 6.45) is 0. The Labute approximate surface area is 154 Å². The van der Waals surface area contributed by atoms with Gasteiger partial charge in [-0.1, -0.05) is 36.4 Å². The minimum Gasteiger partial charge on any atom is -0.324 e. The number of benzene rings is 2. The third-order valence-corrected chi connectivity index (χ3v) is 3.94. The molecule has 2 aromatic carbocycles. The minimum absolute atomic E-state index is 0.128. The summed E-state index contributed by atoms with van der Waals surface area (Å²) in [5, 5.41) is 17.7. The number of hydrogen-bond donors (Lipinski definition) is 1. The fourth-order valence-electron chi connectivity index (χ4n) is 2.51. The van der Waals surface area contributed by atoms with Crippen molar-refractivity contribution in [3.8, 4) is 11.3 Å². The molecule has 1 amide bonds. The second kappa shape index (κ2) is 7.61. The smallest absolute Gasteiger partial charge is 0.271 e. The van der Waals surface area contributed by atoms with Crippen LogP contribution in [-0.2, 0) is 11.3 Å². The van der Waals surface area contributed by atoms with Crippen molar-refractivity contribution in [2.75, 3.05) is 5.32 Å². The Bertz CT molecular complexity index is 1060. The third kappa shape index (κ3) is 4.24. The number of non-ortho nitro benzene ring substituents is 1. The van der Waals surface area contributed by atoms with Gasteiger partial charge in [-0.3, -0.25) is 19.7 Å². The molecule has 0 aliphatic carbocycles. The first-order chi connectivity index (χ1) is 12.9. The van der Waals surface area contributed by atoms with Gasteiger partial charge in [0.05, 0.1) is 16.3 Å². The molecular formula is C19H16N4O4. The zero-order valence-electron chi connectivity index (χ0n) is 14.5. The first-order valence-corrected chi connectivity index (χ1v) is 8.12. The van der Waals surface area contributed by atoms with E-state index in [2.05, 4.69) is 10.4 Å². The Hall–Kier alpha value is -3.81. The van der Waals surface area contributed by atoms with E-state index < -0.39 is 16.4 Å². The molecule has 0 fully saturated rings. The first kappa shape index (κ1) is 18.0. The zero-order valence-corrected chi connectivity index (χ0v) is 14.5. The maximum absolute atomic E-state index is 12.3. The molecule has 0 saturated heterocycles. The number of aryl methyl sites for hydroxylation is 1. The fraction of sp³-hybridized carbons (Fsp3) is 0.105. The molecule has 0 saturated carbocycles. The molecule has 27 heavy (non-hydrogen) atoms. The highest BCUT2D eigenvalue weighted by Crippen LogP contribution is 2.21. The van der Waals surface area contributed by atoms with Gasteiger partial charge < -0.3 is 5.32 Å². The first-order valence-electron chi connectivity index (χ1n) is 8.12. The van der Waals surface area contributed by atoms with E-state index >= 15 is 0 Å². The van der Waals surface area contributed by atoms with Gasteiger partial charge >= 0.3 is 0 Å². The summed E-state index contributed by atoms with van der Waals surface area (Å²) >= 11 is 0. The number of nitrogens with one attached hydrogen (secondary N) is 1. The summed E-state index contributed by atoms with van der Waals surface area (Å²) < 4.78 is 1.06. The Morgan fingerprint density at radius 3 is 2.59 bits per heavy atom. The number of hydrogen-bond acceptors (Lipinski definition) is 5. The van der Waals surface area contributed by atoms with Crippen LogP contribution in [0.15, 0.2) is 65.5 Å². The summed E-state index contributed by atoms with van der Waals surface area (Å²) in [5.41, 5.74) is 1.84. The van der Waals surface area contributed by atoms with E-state index in [0.717, 1.165) is 10.2 Å². The molecule has 1 aromatic heterocycles. The number of carbonyl (C=O) groups excluding carboxylic acids is 1. The molecular weight excluding hydrogens is 348 g/mol. The molecule has 8 nitrogen and oxygen atoms in total. The highest BCUT2D eigenvalue weighted by molar-refractivity contribution is 5.91. The van der Waals surface area contributed by atoms with Crippen LogP contribution in [0.2, 0.25) is 0 Å². The van der Waals surface area contributed by atoms with Crippen LogP contribution in [0, 0.1) is 17.0 Å². The molecule has 0 unspecified atom stereocenters. The van der Waals surface area contributed by atoms with Crippen LogP contribution in [-0.4, -0.2) is 20.6 Å². The van der Waals surface area contributed by atoms with Crippen molar-refractivity contribution in [3.05, 3.63) is 86.7 Å². The zero-order chi connectivity index (χ0) is 19.4. The Balaban J connectivity index is 1.82. The monoisotopic (exact) mass is 364 g/mol. The van der Waals surface area contributed by atoms with E-state index in [1.165, 1.54) is 18.2 Å². The van der Waals surface area contributed by atoms with Crippen LogP contribution in [0.1, 0.15) is 5.56 Å². The van der Waals surface area contributed by atoms with Gasteiger partial charge in [-0.15, -0.1) is 0 Å². The van der Waals surface area contributed by atoms with E-state index in [-0.39, 0.29) is 12.2 Å². The average molecular weight is 364 g/mol. The van der Waals surface area contributed by atoms with Crippen molar-refractivity contribution in [1.29, 1.82) is 0 Å². The van der Waals surface area contributed by atoms with Crippen LogP contribution in [0.4, 0.5) is 11.4 Å². The van der Waals surface area contributed by atoms with Gasteiger partial charge in [0.1, 0.15) is 6.54 Å². The SMILES string of the molecule is Cc1ccc([N+](=O)[O-])cc1NC(=O)Cn1nc(-c2ccccc2)ccc1=O. The van der Waals surface area contributed by atoms with Crippen LogP contribution in [0.5, 0.6) is 0 Å². The lowest BCUT2D eigenvalue weighted by Crippen LogP contribution is -2.29. The van der Waals surface area contributed by atoms with Gasteiger partial charge in [-0.25, -0.2) is 4.68 Å². The normalized spacial score (nSPS) is 10.4. The summed E-state index contributed by atoms with van der Waals surface area (Å²) in [7, 11) is 0. The third-order valence-electron chi connectivity index (χ3n) is 3.94. The lowest BCUT2D eigenvalue weighted by molar-refractivity contribution is -0.384. The van der Waals surface area contributed by atoms with Gasteiger partial charge in [0.25, 0.3) is 11.2 Å². The van der Waals surface area contributed by atoms with Crippen LogP contribution in [0.3, 0.4) is 0 Å². The number of anilines is 1. The summed E-state index contributed by atoms with van der Waals surface area (Å²) in [5.74, 6) is -0.501. The van der Waals surface area contributed by atoms with Crippen molar-refractivity contribution in [2.24, 2.45) is 0 Å².